The molecule has 0 saturated carbocycles. The summed E-state index contributed by atoms with van der Waals surface area (Å²) in [6, 6.07) is 14.3. The number of nitrogens with zero attached hydrogens (tertiary/aromatic N) is 1. The Labute approximate surface area is 96.2 Å². The lowest BCUT2D eigenvalue weighted by molar-refractivity contribution is 0.189. The highest BCUT2D eigenvalue weighted by atomic mass is 16.3. The van der Waals surface area contributed by atoms with Gasteiger partial charge in [0.1, 0.15) is 0 Å². The number of aryl methyl sites for hydroxylation is 2. The number of aromatic nitrogens is 1. The highest BCUT2D eigenvalue weighted by Gasteiger charge is 2.05. The fourth-order valence-electron chi connectivity index (χ4n) is 1.90. The minimum atomic E-state index is -0.397. The zero-order valence-corrected chi connectivity index (χ0v) is 9.50. The third-order valence-electron chi connectivity index (χ3n) is 2.78. The van der Waals surface area contributed by atoms with Gasteiger partial charge in [0.2, 0.25) is 0 Å². The quantitative estimate of drug-likeness (QED) is 0.833. The second-order valence-electron chi connectivity index (χ2n) is 4.04. The molecule has 1 atom stereocenters. The molecule has 0 aliphatic heterocycles. The van der Waals surface area contributed by atoms with E-state index in [1.807, 2.05) is 24.4 Å². The highest BCUT2D eigenvalue weighted by molar-refractivity contribution is 5.15. The van der Waals surface area contributed by atoms with Gasteiger partial charge in [0, 0.05) is 18.4 Å². The van der Waals surface area contributed by atoms with E-state index in [1.54, 1.807) is 6.92 Å². The SMILES string of the molecule is CC(O)c1cccn1CCc1ccccc1. The highest BCUT2D eigenvalue weighted by Crippen LogP contribution is 2.13. The van der Waals surface area contributed by atoms with Crippen molar-refractivity contribution in [2.75, 3.05) is 0 Å². The molecule has 2 rings (SSSR count). The monoisotopic (exact) mass is 215 g/mol. The van der Waals surface area contributed by atoms with Gasteiger partial charge in [-0.15, -0.1) is 0 Å². The summed E-state index contributed by atoms with van der Waals surface area (Å²) in [6.07, 6.45) is 2.62. The van der Waals surface area contributed by atoms with Crippen LogP contribution in [0.25, 0.3) is 0 Å². The largest absolute Gasteiger partial charge is 0.387 e. The van der Waals surface area contributed by atoms with Crippen LogP contribution in [0.15, 0.2) is 48.7 Å². The Hall–Kier alpha value is -1.54. The molecule has 1 heterocycles. The average Bonchev–Trinajstić information content (AvgIpc) is 2.76. The summed E-state index contributed by atoms with van der Waals surface area (Å²) >= 11 is 0. The van der Waals surface area contributed by atoms with Crippen LogP contribution in [0.2, 0.25) is 0 Å². The summed E-state index contributed by atoms with van der Waals surface area (Å²) in [5.74, 6) is 0. The van der Waals surface area contributed by atoms with E-state index >= 15 is 0 Å². The van der Waals surface area contributed by atoms with Crippen LogP contribution in [0.4, 0.5) is 0 Å². The first kappa shape index (κ1) is 11.0. The first-order valence-corrected chi connectivity index (χ1v) is 5.64. The predicted octanol–water partition coefficient (Wildman–Crippen LogP) is 2.78. The van der Waals surface area contributed by atoms with Crippen molar-refractivity contribution in [1.82, 2.24) is 4.57 Å². The number of aliphatic hydroxyl groups excluding tert-OH is 1. The second-order valence-corrected chi connectivity index (χ2v) is 4.04. The maximum absolute atomic E-state index is 9.57. The van der Waals surface area contributed by atoms with E-state index in [9.17, 15) is 5.11 Å². The lowest BCUT2D eigenvalue weighted by atomic mass is 10.1. The molecule has 1 N–H and O–H groups in total. The van der Waals surface area contributed by atoms with E-state index in [0.717, 1.165) is 18.7 Å². The van der Waals surface area contributed by atoms with Crippen LogP contribution < -0.4 is 0 Å². The lowest BCUT2D eigenvalue weighted by Crippen LogP contribution is -2.06. The predicted molar refractivity (Wildman–Crippen MR) is 65.2 cm³/mol. The van der Waals surface area contributed by atoms with E-state index in [1.165, 1.54) is 5.56 Å². The summed E-state index contributed by atoms with van der Waals surface area (Å²) in [4.78, 5) is 0. The van der Waals surface area contributed by atoms with Crippen molar-refractivity contribution < 1.29 is 5.11 Å². The molecule has 0 radical (unpaired) electrons. The van der Waals surface area contributed by atoms with Gasteiger partial charge in [0.25, 0.3) is 0 Å². The number of rotatable bonds is 4. The topological polar surface area (TPSA) is 25.2 Å². The number of aliphatic hydroxyl groups is 1. The fraction of sp³-hybridized carbons (Fsp3) is 0.286. The van der Waals surface area contributed by atoms with E-state index in [2.05, 4.69) is 28.8 Å². The number of hydrogen-bond acceptors (Lipinski definition) is 1. The average molecular weight is 215 g/mol. The second kappa shape index (κ2) is 4.99. The minimum absolute atomic E-state index is 0.397. The van der Waals surface area contributed by atoms with Crippen LogP contribution in [-0.2, 0) is 13.0 Å². The number of hydrogen-bond donors (Lipinski definition) is 1. The lowest BCUT2D eigenvalue weighted by Gasteiger charge is -2.11. The molecule has 0 amide bonds. The van der Waals surface area contributed by atoms with E-state index in [-0.39, 0.29) is 0 Å². The maximum Gasteiger partial charge on any atom is 0.0911 e. The molecule has 1 aromatic heterocycles. The molecule has 84 valence electrons. The van der Waals surface area contributed by atoms with Gasteiger partial charge in [-0.3, -0.25) is 0 Å². The van der Waals surface area contributed by atoms with Crippen molar-refractivity contribution in [2.45, 2.75) is 26.0 Å². The molecule has 0 aliphatic rings. The van der Waals surface area contributed by atoms with Gasteiger partial charge in [-0.05, 0) is 31.0 Å². The summed E-state index contributed by atoms with van der Waals surface area (Å²) < 4.78 is 2.11. The van der Waals surface area contributed by atoms with E-state index in [4.69, 9.17) is 0 Å². The van der Waals surface area contributed by atoms with Gasteiger partial charge < -0.3 is 9.67 Å². The third-order valence-corrected chi connectivity index (χ3v) is 2.78. The van der Waals surface area contributed by atoms with Crippen LogP contribution in [0.1, 0.15) is 24.3 Å². The zero-order valence-electron chi connectivity index (χ0n) is 9.50. The Morgan fingerprint density at radius 2 is 1.88 bits per heavy atom. The molecular formula is C14H17NO. The molecule has 2 heteroatoms. The molecular weight excluding hydrogens is 198 g/mol. The normalized spacial score (nSPS) is 12.6. The van der Waals surface area contributed by atoms with Crippen LogP contribution in [0, 0.1) is 0 Å². The summed E-state index contributed by atoms with van der Waals surface area (Å²) in [6.45, 7) is 2.71. The zero-order chi connectivity index (χ0) is 11.4. The Bertz CT molecular complexity index is 431. The summed E-state index contributed by atoms with van der Waals surface area (Å²) in [5, 5.41) is 9.57. The molecule has 2 aromatic rings. The Morgan fingerprint density at radius 3 is 2.56 bits per heavy atom. The molecule has 0 aliphatic carbocycles. The molecule has 16 heavy (non-hydrogen) atoms. The van der Waals surface area contributed by atoms with Crippen LogP contribution in [-0.4, -0.2) is 9.67 Å². The van der Waals surface area contributed by atoms with Gasteiger partial charge in [-0.2, -0.15) is 0 Å². The van der Waals surface area contributed by atoms with E-state index < -0.39 is 6.10 Å². The van der Waals surface area contributed by atoms with Crippen molar-refractivity contribution in [3.8, 4) is 0 Å². The fourth-order valence-corrected chi connectivity index (χ4v) is 1.90. The maximum atomic E-state index is 9.57. The van der Waals surface area contributed by atoms with Crippen molar-refractivity contribution in [2.24, 2.45) is 0 Å². The molecule has 0 fully saturated rings. The standard InChI is InChI=1S/C14H17NO/c1-12(16)14-8-5-10-15(14)11-9-13-6-3-2-4-7-13/h2-8,10,12,16H,9,11H2,1H3. The van der Waals surface area contributed by atoms with Crippen molar-refractivity contribution in [1.29, 1.82) is 0 Å². The van der Waals surface area contributed by atoms with Gasteiger partial charge >= 0.3 is 0 Å². The Morgan fingerprint density at radius 1 is 1.12 bits per heavy atom. The van der Waals surface area contributed by atoms with Crippen LogP contribution in [0.5, 0.6) is 0 Å². The Kier molecular flexibility index (Phi) is 3.42. The number of benzene rings is 1. The first-order valence-electron chi connectivity index (χ1n) is 5.64. The molecule has 2 nitrogen and oxygen atoms in total. The summed E-state index contributed by atoms with van der Waals surface area (Å²) in [7, 11) is 0. The van der Waals surface area contributed by atoms with Crippen molar-refractivity contribution >= 4 is 0 Å². The first-order chi connectivity index (χ1) is 7.77. The smallest absolute Gasteiger partial charge is 0.0911 e. The van der Waals surface area contributed by atoms with Gasteiger partial charge in [-0.25, -0.2) is 0 Å². The van der Waals surface area contributed by atoms with Crippen LogP contribution >= 0.6 is 0 Å². The third kappa shape index (κ3) is 2.52. The molecule has 0 saturated heterocycles. The molecule has 0 bridgehead atoms. The van der Waals surface area contributed by atoms with Gasteiger partial charge in [-0.1, -0.05) is 30.3 Å². The van der Waals surface area contributed by atoms with Crippen molar-refractivity contribution in [3.63, 3.8) is 0 Å². The summed E-state index contributed by atoms with van der Waals surface area (Å²) in [5.41, 5.74) is 2.31. The van der Waals surface area contributed by atoms with E-state index in [0.29, 0.717) is 0 Å². The Balaban J connectivity index is 2.02. The molecule has 0 spiro atoms. The van der Waals surface area contributed by atoms with Gasteiger partial charge in [0.05, 0.1) is 6.10 Å². The van der Waals surface area contributed by atoms with Crippen LogP contribution in [0.3, 0.4) is 0 Å². The van der Waals surface area contributed by atoms with Crippen molar-refractivity contribution in [3.05, 3.63) is 59.9 Å². The molecule has 1 unspecified atom stereocenters. The van der Waals surface area contributed by atoms with Gasteiger partial charge in [0.15, 0.2) is 0 Å². The minimum Gasteiger partial charge on any atom is -0.387 e. The molecule has 1 aromatic carbocycles.